The number of benzene rings is 1. The SMILES string of the molecule is COc1cc(C(=O)O[C@@H](COCCC(C)C)CN2CCOCC2)cc(OC)c1OC. The van der Waals surface area contributed by atoms with Gasteiger partial charge in [0.05, 0.1) is 46.7 Å². The lowest BCUT2D eigenvalue weighted by atomic mass is 10.1. The predicted octanol–water partition coefficient (Wildman–Crippen LogP) is 2.63. The van der Waals surface area contributed by atoms with E-state index in [4.69, 9.17) is 28.4 Å². The van der Waals surface area contributed by atoms with E-state index in [2.05, 4.69) is 18.7 Å². The maximum absolute atomic E-state index is 12.9. The molecule has 0 radical (unpaired) electrons. The van der Waals surface area contributed by atoms with Crippen LogP contribution >= 0.6 is 0 Å². The number of carbonyl (C=O) groups excluding carboxylic acids is 1. The maximum Gasteiger partial charge on any atom is 0.338 e. The van der Waals surface area contributed by atoms with Crippen LogP contribution < -0.4 is 14.2 Å². The minimum Gasteiger partial charge on any atom is -0.493 e. The Morgan fingerprint density at radius 3 is 2.23 bits per heavy atom. The molecule has 0 saturated carbocycles. The average Bonchev–Trinajstić information content (AvgIpc) is 2.75. The zero-order chi connectivity index (χ0) is 21.9. The van der Waals surface area contributed by atoms with Crippen molar-refractivity contribution >= 4 is 5.97 Å². The lowest BCUT2D eigenvalue weighted by Crippen LogP contribution is -2.43. The standard InChI is InChI=1S/C22H35NO7/c1-16(2)6-9-29-15-18(14-23-7-10-28-11-8-23)30-22(24)17-12-19(25-3)21(27-5)20(13-17)26-4/h12-13,16,18H,6-11,14-15H2,1-5H3/t18-/m1/s1. The van der Waals surface area contributed by atoms with Gasteiger partial charge in [0.2, 0.25) is 5.75 Å². The Hall–Kier alpha value is -2.03. The third-order valence-electron chi connectivity index (χ3n) is 4.88. The lowest BCUT2D eigenvalue weighted by molar-refractivity contribution is -0.0331. The summed E-state index contributed by atoms with van der Waals surface area (Å²) in [4.78, 5) is 15.1. The molecule has 170 valence electrons. The number of hydrogen-bond donors (Lipinski definition) is 0. The molecule has 1 heterocycles. The molecule has 2 rings (SSSR count). The summed E-state index contributed by atoms with van der Waals surface area (Å²) >= 11 is 0. The van der Waals surface area contributed by atoms with Gasteiger partial charge in [-0.3, -0.25) is 4.90 Å². The molecule has 30 heavy (non-hydrogen) atoms. The second kappa shape index (κ2) is 12.6. The fourth-order valence-electron chi connectivity index (χ4n) is 3.15. The Labute approximate surface area is 179 Å². The number of nitrogens with zero attached hydrogens (tertiary/aromatic N) is 1. The molecule has 1 aliphatic heterocycles. The van der Waals surface area contributed by atoms with E-state index in [1.54, 1.807) is 12.1 Å². The number of carbonyl (C=O) groups is 1. The van der Waals surface area contributed by atoms with Crippen molar-refractivity contribution in [3.8, 4) is 17.2 Å². The molecular weight excluding hydrogens is 390 g/mol. The summed E-state index contributed by atoms with van der Waals surface area (Å²) in [6.45, 7) is 8.87. The first-order valence-electron chi connectivity index (χ1n) is 10.4. The minimum absolute atomic E-state index is 0.332. The molecule has 0 bridgehead atoms. The zero-order valence-corrected chi connectivity index (χ0v) is 18.8. The third kappa shape index (κ3) is 7.34. The Morgan fingerprint density at radius 1 is 1.07 bits per heavy atom. The summed E-state index contributed by atoms with van der Waals surface area (Å²) in [5, 5.41) is 0. The van der Waals surface area contributed by atoms with Crippen LogP contribution in [-0.4, -0.2) is 84.4 Å². The van der Waals surface area contributed by atoms with E-state index in [1.807, 2.05) is 0 Å². The smallest absolute Gasteiger partial charge is 0.338 e. The van der Waals surface area contributed by atoms with Crippen LogP contribution in [0, 0.1) is 5.92 Å². The molecule has 0 amide bonds. The second-order valence-corrected chi connectivity index (χ2v) is 7.61. The van der Waals surface area contributed by atoms with Crippen molar-refractivity contribution in [2.45, 2.75) is 26.4 Å². The molecule has 0 aliphatic carbocycles. The van der Waals surface area contributed by atoms with Gasteiger partial charge >= 0.3 is 5.97 Å². The van der Waals surface area contributed by atoms with E-state index in [1.165, 1.54) is 21.3 Å². The van der Waals surface area contributed by atoms with Gasteiger partial charge in [0.25, 0.3) is 0 Å². The van der Waals surface area contributed by atoms with Gasteiger partial charge in [-0.2, -0.15) is 0 Å². The molecule has 1 saturated heterocycles. The summed E-state index contributed by atoms with van der Waals surface area (Å²) in [6, 6.07) is 3.18. The van der Waals surface area contributed by atoms with Crippen molar-refractivity contribution in [2.24, 2.45) is 5.92 Å². The van der Waals surface area contributed by atoms with Crippen LogP contribution in [-0.2, 0) is 14.2 Å². The maximum atomic E-state index is 12.9. The fourth-order valence-corrected chi connectivity index (χ4v) is 3.15. The summed E-state index contributed by atoms with van der Waals surface area (Å²) in [5.74, 6) is 1.34. The van der Waals surface area contributed by atoms with E-state index in [9.17, 15) is 4.79 Å². The quantitative estimate of drug-likeness (QED) is 0.374. The first-order valence-corrected chi connectivity index (χ1v) is 10.4. The predicted molar refractivity (Wildman–Crippen MR) is 113 cm³/mol. The van der Waals surface area contributed by atoms with Crippen LogP contribution in [0.2, 0.25) is 0 Å². The van der Waals surface area contributed by atoms with Crippen molar-refractivity contribution in [1.82, 2.24) is 4.90 Å². The fraction of sp³-hybridized carbons (Fsp3) is 0.682. The number of esters is 1. The Balaban J connectivity index is 2.09. The van der Waals surface area contributed by atoms with Gasteiger partial charge < -0.3 is 28.4 Å². The lowest BCUT2D eigenvalue weighted by Gasteiger charge is -2.30. The molecule has 1 aliphatic rings. The van der Waals surface area contributed by atoms with E-state index >= 15 is 0 Å². The van der Waals surface area contributed by atoms with Gasteiger partial charge in [0, 0.05) is 26.2 Å². The summed E-state index contributed by atoms with van der Waals surface area (Å²) < 4.78 is 33.0. The van der Waals surface area contributed by atoms with Crippen LogP contribution in [0.4, 0.5) is 0 Å². The molecule has 0 spiro atoms. The molecule has 8 heteroatoms. The van der Waals surface area contributed by atoms with Crippen molar-refractivity contribution in [3.63, 3.8) is 0 Å². The van der Waals surface area contributed by atoms with Crippen LogP contribution in [0.5, 0.6) is 17.2 Å². The zero-order valence-electron chi connectivity index (χ0n) is 18.8. The number of methoxy groups -OCH3 is 3. The Bertz CT molecular complexity index is 634. The van der Waals surface area contributed by atoms with Gasteiger partial charge in [0.1, 0.15) is 6.10 Å². The highest BCUT2D eigenvalue weighted by Crippen LogP contribution is 2.38. The van der Waals surface area contributed by atoms with Crippen LogP contribution in [0.3, 0.4) is 0 Å². The molecule has 0 N–H and O–H groups in total. The van der Waals surface area contributed by atoms with E-state index in [0.29, 0.717) is 61.7 Å². The van der Waals surface area contributed by atoms with Gasteiger partial charge in [-0.25, -0.2) is 4.79 Å². The topological polar surface area (TPSA) is 75.7 Å². The van der Waals surface area contributed by atoms with Crippen LogP contribution in [0.15, 0.2) is 12.1 Å². The minimum atomic E-state index is -0.458. The van der Waals surface area contributed by atoms with Crippen LogP contribution in [0.25, 0.3) is 0 Å². The number of rotatable bonds is 12. The normalized spacial score (nSPS) is 15.7. The monoisotopic (exact) mass is 425 g/mol. The highest BCUT2D eigenvalue weighted by Gasteiger charge is 2.23. The molecular formula is C22H35NO7. The summed E-state index contributed by atoms with van der Waals surface area (Å²) in [7, 11) is 4.54. The van der Waals surface area contributed by atoms with Crippen molar-refractivity contribution < 1.29 is 33.2 Å². The molecule has 1 atom stereocenters. The largest absolute Gasteiger partial charge is 0.493 e. The number of morpholine rings is 1. The van der Waals surface area contributed by atoms with Gasteiger partial charge in [-0.1, -0.05) is 13.8 Å². The van der Waals surface area contributed by atoms with Gasteiger partial charge in [-0.05, 0) is 24.5 Å². The first kappa shape index (κ1) is 24.2. The highest BCUT2D eigenvalue weighted by atomic mass is 16.6. The second-order valence-electron chi connectivity index (χ2n) is 7.61. The van der Waals surface area contributed by atoms with E-state index in [0.717, 1.165) is 19.5 Å². The highest BCUT2D eigenvalue weighted by molar-refractivity contribution is 5.91. The molecule has 1 aromatic rings. The average molecular weight is 426 g/mol. The Kier molecular flexibility index (Phi) is 10.2. The molecule has 1 aromatic carbocycles. The van der Waals surface area contributed by atoms with Crippen molar-refractivity contribution in [1.29, 1.82) is 0 Å². The van der Waals surface area contributed by atoms with Crippen LogP contribution in [0.1, 0.15) is 30.6 Å². The molecule has 0 aromatic heterocycles. The van der Waals surface area contributed by atoms with E-state index in [-0.39, 0.29) is 6.10 Å². The number of ether oxygens (including phenoxy) is 6. The summed E-state index contributed by atoms with van der Waals surface area (Å²) in [5.41, 5.74) is 0.332. The van der Waals surface area contributed by atoms with Crippen molar-refractivity contribution in [2.75, 3.05) is 67.4 Å². The number of hydrogen-bond acceptors (Lipinski definition) is 8. The third-order valence-corrected chi connectivity index (χ3v) is 4.88. The first-order chi connectivity index (χ1) is 14.5. The van der Waals surface area contributed by atoms with Gasteiger partial charge in [0.15, 0.2) is 11.5 Å². The molecule has 8 nitrogen and oxygen atoms in total. The van der Waals surface area contributed by atoms with Crippen molar-refractivity contribution in [3.05, 3.63) is 17.7 Å². The summed E-state index contributed by atoms with van der Waals surface area (Å²) in [6.07, 6.45) is 0.576. The molecule has 1 fully saturated rings. The Morgan fingerprint density at radius 2 is 1.70 bits per heavy atom. The molecule has 0 unspecified atom stereocenters. The van der Waals surface area contributed by atoms with E-state index < -0.39 is 5.97 Å². The van der Waals surface area contributed by atoms with Gasteiger partial charge in [-0.15, -0.1) is 0 Å².